The third-order valence-corrected chi connectivity index (χ3v) is 3.25. The van der Waals surface area contributed by atoms with Gasteiger partial charge in [-0.15, -0.1) is 0 Å². The highest BCUT2D eigenvalue weighted by Crippen LogP contribution is 2.28. The molecule has 0 aliphatic carbocycles. The maximum absolute atomic E-state index is 11.9. The second-order valence-corrected chi connectivity index (χ2v) is 5.88. The normalized spacial score (nSPS) is 11.0. The summed E-state index contributed by atoms with van der Waals surface area (Å²) >= 11 is 0. The Kier molecular flexibility index (Phi) is 6.44. The van der Waals surface area contributed by atoms with Crippen LogP contribution < -0.4 is 19.9 Å². The Hall–Kier alpha value is -1.80. The van der Waals surface area contributed by atoms with Crippen LogP contribution in [0.2, 0.25) is 0 Å². The Morgan fingerprint density at radius 3 is 2.38 bits per heavy atom. The van der Waals surface area contributed by atoms with E-state index >= 15 is 0 Å². The van der Waals surface area contributed by atoms with Crippen molar-refractivity contribution in [3.8, 4) is 11.5 Å². The van der Waals surface area contributed by atoms with Crippen LogP contribution >= 0.6 is 0 Å². The van der Waals surface area contributed by atoms with Crippen LogP contribution in [0.15, 0.2) is 18.2 Å². The highest BCUT2D eigenvalue weighted by molar-refractivity contribution is 7.89. The van der Waals surface area contributed by atoms with Gasteiger partial charge in [0, 0.05) is 12.1 Å². The standard InChI is InChI=1S/C13H20N2O5S/c1-3-19-11-6-5-10(9-12(11)20-4-2)13(16)15-7-8-21(14,17)18/h5-6,9H,3-4,7-8H2,1-2H3,(H,15,16)(H2,14,17,18). The van der Waals surface area contributed by atoms with Crippen LogP contribution in [-0.4, -0.2) is 39.8 Å². The quantitative estimate of drug-likeness (QED) is 0.726. The van der Waals surface area contributed by atoms with Gasteiger partial charge in [0.15, 0.2) is 11.5 Å². The van der Waals surface area contributed by atoms with Crippen LogP contribution in [0.4, 0.5) is 0 Å². The van der Waals surface area contributed by atoms with Crippen molar-refractivity contribution in [1.29, 1.82) is 0 Å². The Morgan fingerprint density at radius 1 is 1.19 bits per heavy atom. The third-order valence-electron chi connectivity index (χ3n) is 2.48. The summed E-state index contributed by atoms with van der Waals surface area (Å²) in [6.45, 7) is 4.56. The highest BCUT2D eigenvalue weighted by atomic mass is 32.2. The van der Waals surface area contributed by atoms with E-state index in [1.165, 1.54) is 0 Å². The molecule has 1 rings (SSSR count). The fourth-order valence-electron chi connectivity index (χ4n) is 1.60. The van der Waals surface area contributed by atoms with E-state index < -0.39 is 15.9 Å². The van der Waals surface area contributed by atoms with E-state index in [1.54, 1.807) is 18.2 Å². The highest BCUT2D eigenvalue weighted by Gasteiger charge is 2.12. The van der Waals surface area contributed by atoms with Crippen molar-refractivity contribution >= 4 is 15.9 Å². The van der Waals surface area contributed by atoms with Crippen molar-refractivity contribution in [3.63, 3.8) is 0 Å². The number of nitrogens with one attached hydrogen (secondary N) is 1. The molecule has 8 heteroatoms. The predicted molar refractivity (Wildman–Crippen MR) is 79.1 cm³/mol. The molecule has 3 N–H and O–H groups in total. The van der Waals surface area contributed by atoms with E-state index in [9.17, 15) is 13.2 Å². The van der Waals surface area contributed by atoms with E-state index in [1.807, 2.05) is 13.8 Å². The summed E-state index contributed by atoms with van der Waals surface area (Å²) in [4.78, 5) is 11.9. The number of hydrogen-bond donors (Lipinski definition) is 2. The first kappa shape index (κ1) is 17.3. The van der Waals surface area contributed by atoms with Crippen molar-refractivity contribution in [1.82, 2.24) is 5.32 Å². The molecule has 0 aromatic heterocycles. The molecule has 0 unspecified atom stereocenters. The Morgan fingerprint density at radius 2 is 1.81 bits per heavy atom. The fraction of sp³-hybridized carbons (Fsp3) is 0.462. The second-order valence-electron chi connectivity index (χ2n) is 4.15. The molecular weight excluding hydrogens is 296 g/mol. The van der Waals surface area contributed by atoms with Gasteiger partial charge in [0.05, 0.1) is 19.0 Å². The summed E-state index contributed by atoms with van der Waals surface area (Å²) in [6, 6.07) is 4.78. The van der Waals surface area contributed by atoms with E-state index in [0.717, 1.165) is 0 Å². The number of primary sulfonamides is 1. The molecular formula is C13H20N2O5S. The Bertz CT molecular complexity index is 586. The minimum absolute atomic E-state index is 0.0468. The lowest BCUT2D eigenvalue weighted by Gasteiger charge is -2.12. The number of sulfonamides is 1. The minimum Gasteiger partial charge on any atom is -0.490 e. The number of nitrogens with two attached hydrogens (primary N) is 1. The van der Waals surface area contributed by atoms with Crippen LogP contribution in [0, 0.1) is 0 Å². The maximum Gasteiger partial charge on any atom is 0.251 e. The number of benzene rings is 1. The first-order valence-corrected chi connectivity index (χ1v) is 8.27. The lowest BCUT2D eigenvalue weighted by atomic mass is 10.2. The van der Waals surface area contributed by atoms with Gasteiger partial charge in [0.2, 0.25) is 10.0 Å². The van der Waals surface area contributed by atoms with Crippen molar-refractivity contribution in [2.75, 3.05) is 25.5 Å². The number of carbonyl (C=O) groups excluding carboxylic acids is 1. The van der Waals surface area contributed by atoms with Crippen LogP contribution in [0.3, 0.4) is 0 Å². The molecule has 7 nitrogen and oxygen atoms in total. The average molecular weight is 316 g/mol. The zero-order valence-corrected chi connectivity index (χ0v) is 12.9. The fourth-order valence-corrected chi connectivity index (χ4v) is 1.99. The number of rotatable bonds is 8. The topological polar surface area (TPSA) is 108 Å². The van der Waals surface area contributed by atoms with E-state index in [0.29, 0.717) is 30.3 Å². The van der Waals surface area contributed by atoms with E-state index in [4.69, 9.17) is 14.6 Å². The monoisotopic (exact) mass is 316 g/mol. The van der Waals surface area contributed by atoms with Crippen LogP contribution in [0.25, 0.3) is 0 Å². The molecule has 0 aliphatic rings. The number of hydrogen-bond acceptors (Lipinski definition) is 5. The zero-order valence-electron chi connectivity index (χ0n) is 12.1. The predicted octanol–water partition coefficient (Wildman–Crippen LogP) is 0.502. The second kappa shape index (κ2) is 7.84. The van der Waals surface area contributed by atoms with Gasteiger partial charge in [-0.2, -0.15) is 0 Å². The number of carbonyl (C=O) groups is 1. The van der Waals surface area contributed by atoms with Gasteiger partial charge in [0.1, 0.15) is 0 Å². The van der Waals surface area contributed by atoms with E-state index in [2.05, 4.69) is 5.32 Å². The number of ether oxygens (including phenoxy) is 2. The summed E-state index contributed by atoms with van der Waals surface area (Å²) < 4.78 is 32.4. The summed E-state index contributed by atoms with van der Waals surface area (Å²) in [5, 5.41) is 7.34. The van der Waals surface area contributed by atoms with Crippen molar-refractivity contribution < 1.29 is 22.7 Å². The molecule has 21 heavy (non-hydrogen) atoms. The van der Waals surface area contributed by atoms with Gasteiger partial charge in [-0.3, -0.25) is 4.79 Å². The molecule has 0 saturated heterocycles. The van der Waals surface area contributed by atoms with Gasteiger partial charge >= 0.3 is 0 Å². The summed E-state index contributed by atoms with van der Waals surface area (Å²) in [5.41, 5.74) is 0.358. The smallest absolute Gasteiger partial charge is 0.251 e. The van der Waals surface area contributed by atoms with Gasteiger partial charge in [-0.25, -0.2) is 13.6 Å². The first-order chi connectivity index (χ1) is 9.87. The molecule has 1 aromatic carbocycles. The molecule has 0 fully saturated rings. The molecule has 0 atom stereocenters. The van der Waals surface area contributed by atoms with Gasteiger partial charge in [0.25, 0.3) is 5.91 Å². The molecule has 0 aliphatic heterocycles. The summed E-state index contributed by atoms with van der Waals surface area (Å²) in [5.74, 6) is 0.315. The Labute approximate surface area is 124 Å². The molecule has 0 saturated carbocycles. The van der Waals surface area contributed by atoms with Crippen LogP contribution in [-0.2, 0) is 10.0 Å². The molecule has 118 valence electrons. The molecule has 0 heterocycles. The van der Waals surface area contributed by atoms with Crippen molar-refractivity contribution in [2.45, 2.75) is 13.8 Å². The molecule has 0 bridgehead atoms. The maximum atomic E-state index is 11.9. The van der Waals surface area contributed by atoms with Crippen molar-refractivity contribution in [3.05, 3.63) is 23.8 Å². The van der Waals surface area contributed by atoms with Gasteiger partial charge in [-0.1, -0.05) is 0 Å². The first-order valence-electron chi connectivity index (χ1n) is 6.55. The summed E-state index contributed by atoms with van der Waals surface area (Å²) in [6.07, 6.45) is 0. The average Bonchev–Trinajstić information content (AvgIpc) is 2.39. The molecule has 1 amide bonds. The van der Waals surface area contributed by atoms with Crippen LogP contribution in [0.5, 0.6) is 11.5 Å². The largest absolute Gasteiger partial charge is 0.490 e. The number of amides is 1. The molecule has 0 spiro atoms. The SMILES string of the molecule is CCOc1ccc(C(=O)NCCS(N)(=O)=O)cc1OCC. The zero-order chi connectivity index (χ0) is 15.9. The van der Waals surface area contributed by atoms with Crippen molar-refractivity contribution in [2.24, 2.45) is 5.14 Å². The van der Waals surface area contributed by atoms with Gasteiger partial charge in [-0.05, 0) is 32.0 Å². The van der Waals surface area contributed by atoms with E-state index in [-0.39, 0.29) is 12.3 Å². The lowest BCUT2D eigenvalue weighted by molar-refractivity contribution is 0.0955. The van der Waals surface area contributed by atoms with Gasteiger partial charge < -0.3 is 14.8 Å². The van der Waals surface area contributed by atoms with Crippen LogP contribution in [0.1, 0.15) is 24.2 Å². The third kappa shape index (κ3) is 6.01. The Balaban J connectivity index is 2.78. The summed E-state index contributed by atoms with van der Waals surface area (Å²) in [7, 11) is -3.59. The minimum atomic E-state index is -3.59. The molecule has 1 aromatic rings. The molecule has 0 radical (unpaired) electrons. The lowest BCUT2D eigenvalue weighted by Crippen LogP contribution is -2.31.